The van der Waals surface area contributed by atoms with Crippen LogP contribution in [0.15, 0.2) is 42.7 Å². The molecule has 0 bridgehead atoms. The van der Waals surface area contributed by atoms with Crippen molar-refractivity contribution in [3.05, 3.63) is 58.1 Å². The summed E-state index contributed by atoms with van der Waals surface area (Å²) in [5.74, 6) is 0.111. The molecule has 1 aliphatic heterocycles. The van der Waals surface area contributed by atoms with Crippen molar-refractivity contribution >= 4 is 23.3 Å². The molecule has 23 heavy (non-hydrogen) atoms. The Bertz CT molecular complexity index is 673. The van der Waals surface area contributed by atoms with E-state index in [0.717, 1.165) is 37.6 Å². The topological polar surface area (TPSA) is 36.4 Å². The van der Waals surface area contributed by atoms with Gasteiger partial charge in [0.05, 0.1) is 0 Å². The number of carbonyl (C=O) groups excluding carboxylic acids is 1. The van der Waals surface area contributed by atoms with Crippen LogP contribution < -0.4 is 0 Å². The van der Waals surface area contributed by atoms with Gasteiger partial charge in [0.2, 0.25) is 5.91 Å². The van der Waals surface area contributed by atoms with Gasteiger partial charge in [0, 0.05) is 60.9 Å². The standard InChI is InChI=1S/C18H21N3OS/c1-15-2-3-17(23-15)4-5-18(22)21-12-10-20(11-13-21)14-16-6-8-19-9-7-16/h2-9H,10-14H2,1H3/b5-4+. The third-order valence-corrected chi connectivity index (χ3v) is 4.96. The van der Waals surface area contributed by atoms with Gasteiger partial charge in [-0.25, -0.2) is 0 Å². The Labute approximate surface area is 141 Å². The SMILES string of the molecule is Cc1ccc(/C=C/C(=O)N2CCN(Cc3ccncc3)CC2)s1. The van der Waals surface area contributed by atoms with Crippen LogP contribution in [0, 0.1) is 6.92 Å². The fraction of sp³-hybridized carbons (Fsp3) is 0.333. The summed E-state index contributed by atoms with van der Waals surface area (Å²) in [6.07, 6.45) is 7.27. The van der Waals surface area contributed by atoms with Crippen molar-refractivity contribution in [3.63, 3.8) is 0 Å². The van der Waals surface area contributed by atoms with Crippen molar-refractivity contribution in [1.29, 1.82) is 0 Å². The first-order valence-electron chi connectivity index (χ1n) is 7.85. The number of piperazine rings is 1. The first kappa shape index (κ1) is 15.9. The molecule has 3 rings (SSSR count). The first-order chi connectivity index (χ1) is 11.2. The number of hydrogen-bond acceptors (Lipinski definition) is 4. The quantitative estimate of drug-likeness (QED) is 0.810. The van der Waals surface area contributed by atoms with E-state index in [-0.39, 0.29) is 5.91 Å². The van der Waals surface area contributed by atoms with Crippen LogP contribution in [0.2, 0.25) is 0 Å². The van der Waals surface area contributed by atoms with E-state index in [0.29, 0.717) is 0 Å². The summed E-state index contributed by atoms with van der Waals surface area (Å²) in [6.45, 7) is 6.41. The molecule has 0 N–H and O–H groups in total. The monoisotopic (exact) mass is 327 g/mol. The molecule has 2 aromatic rings. The minimum Gasteiger partial charge on any atom is -0.337 e. The maximum atomic E-state index is 12.3. The molecule has 5 heteroatoms. The van der Waals surface area contributed by atoms with Crippen molar-refractivity contribution in [1.82, 2.24) is 14.8 Å². The minimum absolute atomic E-state index is 0.111. The fourth-order valence-electron chi connectivity index (χ4n) is 2.67. The zero-order valence-electron chi connectivity index (χ0n) is 13.3. The molecule has 120 valence electrons. The molecule has 0 radical (unpaired) electrons. The molecule has 0 unspecified atom stereocenters. The molecular formula is C18H21N3OS. The molecule has 2 aromatic heterocycles. The molecule has 1 amide bonds. The van der Waals surface area contributed by atoms with Crippen LogP contribution in [0.4, 0.5) is 0 Å². The van der Waals surface area contributed by atoms with Crippen LogP contribution in [0.3, 0.4) is 0 Å². The van der Waals surface area contributed by atoms with E-state index in [1.54, 1.807) is 17.4 Å². The highest BCUT2D eigenvalue weighted by Crippen LogP contribution is 2.16. The van der Waals surface area contributed by atoms with Gasteiger partial charge in [-0.05, 0) is 42.8 Å². The normalized spacial score (nSPS) is 16.1. The van der Waals surface area contributed by atoms with E-state index in [1.165, 1.54) is 10.4 Å². The summed E-state index contributed by atoms with van der Waals surface area (Å²) in [4.78, 5) is 23.0. The number of aromatic nitrogens is 1. The van der Waals surface area contributed by atoms with E-state index >= 15 is 0 Å². The summed E-state index contributed by atoms with van der Waals surface area (Å²) in [7, 11) is 0. The molecule has 0 atom stereocenters. The lowest BCUT2D eigenvalue weighted by atomic mass is 10.2. The van der Waals surface area contributed by atoms with Gasteiger partial charge in [0.25, 0.3) is 0 Å². The van der Waals surface area contributed by atoms with Crippen molar-refractivity contribution in [3.8, 4) is 0 Å². The number of thiophene rings is 1. The predicted octanol–water partition coefficient (Wildman–Crippen LogP) is 2.81. The van der Waals surface area contributed by atoms with Crippen LogP contribution >= 0.6 is 11.3 Å². The molecule has 0 aromatic carbocycles. The second-order valence-corrected chi connectivity index (χ2v) is 7.06. The lowest BCUT2D eigenvalue weighted by molar-refractivity contribution is -0.127. The lowest BCUT2D eigenvalue weighted by Gasteiger charge is -2.34. The first-order valence-corrected chi connectivity index (χ1v) is 8.67. The van der Waals surface area contributed by atoms with Crippen LogP contribution in [-0.2, 0) is 11.3 Å². The molecule has 0 saturated carbocycles. The fourth-order valence-corrected chi connectivity index (χ4v) is 3.45. The Hall–Kier alpha value is -1.98. The van der Waals surface area contributed by atoms with E-state index in [9.17, 15) is 4.79 Å². The van der Waals surface area contributed by atoms with Crippen molar-refractivity contribution in [2.75, 3.05) is 26.2 Å². The number of amides is 1. The molecule has 1 fully saturated rings. The molecule has 0 aliphatic carbocycles. The van der Waals surface area contributed by atoms with Gasteiger partial charge in [-0.1, -0.05) is 0 Å². The molecule has 4 nitrogen and oxygen atoms in total. The van der Waals surface area contributed by atoms with Gasteiger partial charge < -0.3 is 4.90 Å². The third-order valence-electron chi connectivity index (χ3n) is 3.99. The highest BCUT2D eigenvalue weighted by Gasteiger charge is 2.19. The van der Waals surface area contributed by atoms with E-state index < -0.39 is 0 Å². The molecule has 1 aliphatic rings. The van der Waals surface area contributed by atoms with Gasteiger partial charge in [-0.2, -0.15) is 0 Å². The van der Waals surface area contributed by atoms with Crippen molar-refractivity contribution < 1.29 is 4.79 Å². The van der Waals surface area contributed by atoms with Gasteiger partial charge >= 0.3 is 0 Å². The van der Waals surface area contributed by atoms with Crippen LogP contribution in [-0.4, -0.2) is 46.9 Å². The predicted molar refractivity (Wildman–Crippen MR) is 94.2 cm³/mol. The Morgan fingerprint density at radius 3 is 2.57 bits per heavy atom. The summed E-state index contributed by atoms with van der Waals surface area (Å²) in [6, 6.07) is 8.22. The molecular weight excluding hydrogens is 306 g/mol. The number of aryl methyl sites for hydroxylation is 1. The average Bonchev–Trinajstić information content (AvgIpc) is 3.00. The number of pyridine rings is 1. The summed E-state index contributed by atoms with van der Waals surface area (Å²) < 4.78 is 0. The van der Waals surface area contributed by atoms with E-state index in [4.69, 9.17) is 0 Å². The number of rotatable bonds is 4. The minimum atomic E-state index is 0.111. The lowest BCUT2D eigenvalue weighted by Crippen LogP contribution is -2.47. The zero-order chi connectivity index (χ0) is 16.1. The van der Waals surface area contributed by atoms with Crippen LogP contribution in [0.25, 0.3) is 6.08 Å². The number of carbonyl (C=O) groups is 1. The maximum Gasteiger partial charge on any atom is 0.246 e. The molecule has 1 saturated heterocycles. The summed E-state index contributed by atoms with van der Waals surface area (Å²) >= 11 is 1.71. The van der Waals surface area contributed by atoms with E-state index in [2.05, 4.69) is 28.9 Å². The van der Waals surface area contributed by atoms with Crippen molar-refractivity contribution in [2.45, 2.75) is 13.5 Å². The van der Waals surface area contributed by atoms with Gasteiger partial charge in [-0.3, -0.25) is 14.7 Å². The van der Waals surface area contributed by atoms with Crippen LogP contribution in [0.1, 0.15) is 15.3 Å². The largest absolute Gasteiger partial charge is 0.337 e. The number of hydrogen-bond donors (Lipinski definition) is 0. The van der Waals surface area contributed by atoms with Gasteiger partial charge in [-0.15, -0.1) is 11.3 Å². The molecule has 3 heterocycles. The van der Waals surface area contributed by atoms with Crippen molar-refractivity contribution in [2.24, 2.45) is 0 Å². The molecule has 0 spiro atoms. The Balaban J connectivity index is 1.48. The average molecular weight is 327 g/mol. The zero-order valence-corrected chi connectivity index (χ0v) is 14.1. The second kappa shape index (κ2) is 7.53. The second-order valence-electron chi connectivity index (χ2n) is 5.74. The Morgan fingerprint density at radius 1 is 1.17 bits per heavy atom. The van der Waals surface area contributed by atoms with Gasteiger partial charge in [0.15, 0.2) is 0 Å². The summed E-state index contributed by atoms with van der Waals surface area (Å²) in [5.41, 5.74) is 1.27. The van der Waals surface area contributed by atoms with Crippen LogP contribution in [0.5, 0.6) is 0 Å². The Kier molecular flexibility index (Phi) is 5.20. The Morgan fingerprint density at radius 2 is 1.91 bits per heavy atom. The number of nitrogens with zero attached hydrogens (tertiary/aromatic N) is 3. The van der Waals surface area contributed by atoms with Gasteiger partial charge in [0.1, 0.15) is 0 Å². The maximum absolute atomic E-state index is 12.3. The third kappa shape index (κ3) is 4.50. The smallest absolute Gasteiger partial charge is 0.246 e. The highest BCUT2D eigenvalue weighted by molar-refractivity contribution is 7.12. The summed E-state index contributed by atoms with van der Waals surface area (Å²) in [5, 5.41) is 0. The van der Waals surface area contributed by atoms with E-state index in [1.807, 2.05) is 35.5 Å². The highest BCUT2D eigenvalue weighted by atomic mass is 32.1.